The fourth-order valence-electron chi connectivity index (χ4n) is 6.10. The Balaban J connectivity index is 1.57. The van der Waals surface area contributed by atoms with Crippen LogP contribution in [0.3, 0.4) is 0 Å². The summed E-state index contributed by atoms with van der Waals surface area (Å²) in [5, 5.41) is 14.7. The average Bonchev–Trinajstić information content (AvgIpc) is 3.15. The number of hydrogen-bond donors (Lipinski definition) is 3. The van der Waals surface area contributed by atoms with Gasteiger partial charge in [0.15, 0.2) is 0 Å². The Morgan fingerprint density at radius 2 is 1.82 bits per heavy atom. The summed E-state index contributed by atoms with van der Waals surface area (Å²) in [4.78, 5) is 18.6. The van der Waals surface area contributed by atoms with E-state index in [2.05, 4.69) is 45.6 Å². The number of aryl methyl sites for hydroxylation is 1. The zero-order valence-electron chi connectivity index (χ0n) is 23.9. The number of piperazine rings is 1. The number of fused-ring (bicyclic) bond motifs is 2. The summed E-state index contributed by atoms with van der Waals surface area (Å²) >= 11 is 0. The van der Waals surface area contributed by atoms with E-state index in [1.807, 2.05) is 46.0 Å². The number of nitrogens with one attached hydrogen (secondary N) is 3. The van der Waals surface area contributed by atoms with Crippen molar-refractivity contribution in [3.05, 3.63) is 64.3 Å². The van der Waals surface area contributed by atoms with Crippen LogP contribution in [-0.2, 0) is 0 Å². The molecule has 38 heavy (non-hydrogen) atoms. The molecule has 2 bridgehead atoms. The topological polar surface area (TPSA) is 80.7 Å². The third kappa shape index (κ3) is 5.58. The van der Waals surface area contributed by atoms with Gasteiger partial charge in [-0.05, 0) is 94.1 Å². The second kappa shape index (κ2) is 11.6. The number of ether oxygens (including phenoxy) is 1. The first-order chi connectivity index (χ1) is 18.2. The first-order valence-electron chi connectivity index (χ1n) is 13.7. The number of methoxy groups -OCH3 is 1. The Morgan fingerprint density at radius 1 is 1.13 bits per heavy atom. The molecule has 0 aliphatic carbocycles. The first kappa shape index (κ1) is 27.7. The van der Waals surface area contributed by atoms with Crippen LogP contribution < -0.4 is 20.3 Å². The van der Waals surface area contributed by atoms with E-state index in [4.69, 9.17) is 10.1 Å². The zero-order valence-corrected chi connectivity index (χ0v) is 23.9. The highest BCUT2D eigenvalue weighted by molar-refractivity contribution is 6.22. The van der Waals surface area contributed by atoms with Crippen molar-refractivity contribution in [1.82, 2.24) is 15.5 Å². The number of hydrogen-bond acceptors (Lipinski definition) is 6. The van der Waals surface area contributed by atoms with Crippen LogP contribution in [0.15, 0.2) is 42.1 Å². The number of anilines is 1. The molecule has 2 heterocycles. The fraction of sp³-hybridized carbons (Fsp3) is 0.484. The smallest absolute Gasteiger partial charge is 0.252 e. The molecule has 2 aromatic rings. The van der Waals surface area contributed by atoms with Crippen molar-refractivity contribution in [3.63, 3.8) is 0 Å². The first-order valence-corrected chi connectivity index (χ1v) is 13.7. The van der Waals surface area contributed by atoms with E-state index >= 15 is 0 Å². The van der Waals surface area contributed by atoms with Crippen LogP contribution in [0.1, 0.15) is 73.6 Å². The summed E-state index contributed by atoms with van der Waals surface area (Å²) < 4.78 is 5.58. The lowest BCUT2D eigenvalue weighted by Gasteiger charge is -2.41. The second-order valence-corrected chi connectivity index (χ2v) is 10.7. The van der Waals surface area contributed by atoms with Gasteiger partial charge >= 0.3 is 0 Å². The van der Waals surface area contributed by atoms with Crippen LogP contribution >= 0.6 is 0 Å². The summed E-state index contributed by atoms with van der Waals surface area (Å²) in [5.41, 5.74) is 6.83. The van der Waals surface area contributed by atoms with Crippen LogP contribution in [0.4, 0.5) is 5.69 Å². The summed E-state index contributed by atoms with van der Waals surface area (Å²) in [6.07, 6.45) is 2.52. The summed E-state index contributed by atoms with van der Waals surface area (Å²) in [5.74, 6) is 0.613. The summed E-state index contributed by atoms with van der Waals surface area (Å²) in [6, 6.07) is 13.2. The van der Waals surface area contributed by atoms with Crippen molar-refractivity contribution in [2.75, 3.05) is 38.7 Å². The number of likely N-dealkylation sites (N-methyl/N-ethyl adjacent to an activating group) is 1. The molecule has 7 nitrogen and oxygen atoms in total. The quantitative estimate of drug-likeness (QED) is 0.401. The minimum absolute atomic E-state index is 0.0817. The van der Waals surface area contributed by atoms with Crippen molar-refractivity contribution < 1.29 is 9.53 Å². The standard InChI is InChI=1S/C31H43N5O2/c1-8-36-26-11-12-27(36)18-35(17-26)25-10-9-19(2)29(16-25)31(37)34-21(4)23-13-24(15-28(14-23)38-7)30(20(3)32)22(5)33-6/h9-10,13-16,21,26-27,32-33H,8,11-12,17-18H2,1-7H3,(H,34,37)/b30-22+,32-20?/t21-,26-,27+/m1/s1. The van der Waals surface area contributed by atoms with E-state index in [1.165, 1.54) is 12.8 Å². The molecule has 2 fully saturated rings. The molecule has 0 spiro atoms. The van der Waals surface area contributed by atoms with Gasteiger partial charge in [-0.1, -0.05) is 13.0 Å². The van der Waals surface area contributed by atoms with E-state index in [0.717, 1.165) is 53.3 Å². The SMILES string of the molecule is CCN1[C@@H]2CC[C@H]1CN(c1ccc(C)c(C(=O)N[C@H](C)c3cc(OC)cc(/C(C(C)=N)=C(\C)NC)c3)c1)C2. The molecule has 4 rings (SSSR count). The number of amides is 1. The molecule has 3 atom stereocenters. The molecule has 7 heteroatoms. The van der Waals surface area contributed by atoms with Gasteiger partial charge < -0.3 is 25.7 Å². The Labute approximate surface area is 227 Å². The molecule has 2 aliphatic rings. The number of carbonyl (C=O) groups excluding carboxylic acids is 1. The Bertz CT molecular complexity index is 1220. The maximum atomic E-state index is 13.5. The van der Waals surface area contributed by atoms with Crippen LogP contribution in [-0.4, -0.2) is 62.4 Å². The largest absolute Gasteiger partial charge is 0.497 e. The third-order valence-corrected chi connectivity index (χ3v) is 8.26. The number of allylic oxidation sites excluding steroid dienone is 2. The van der Waals surface area contributed by atoms with Crippen molar-refractivity contribution in [3.8, 4) is 5.75 Å². The number of nitrogens with zero attached hydrogens (tertiary/aromatic N) is 2. The van der Waals surface area contributed by atoms with Crippen LogP contribution in [0.5, 0.6) is 5.75 Å². The molecule has 2 saturated heterocycles. The minimum Gasteiger partial charge on any atom is -0.497 e. The number of benzene rings is 2. The molecular formula is C31H43N5O2. The molecule has 0 saturated carbocycles. The van der Waals surface area contributed by atoms with Gasteiger partial charge in [-0.25, -0.2) is 0 Å². The van der Waals surface area contributed by atoms with Crippen molar-refractivity contribution in [2.24, 2.45) is 0 Å². The van der Waals surface area contributed by atoms with Gasteiger partial charge in [0.2, 0.25) is 0 Å². The Morgan fingerprint density at radius 3 is 2.39 bits per heavy atom. The zero-order chi connectivity index (χ0) is 27.6. The van der Waals surface area contributed by atoms with Crippen LogP contribution in [0, 0.1) is 12.3 Å². The van der Waals surface area contributed by atoms with E-state index in [1.54, 1.807) is 14.0 Å². The highest BCUT2D eigenvalue weighted by atomic mass is 16.5. The van der Waals surface area contributed by atoms with Crippen molar-refractivity contribution in [1.29, 1.82) is 5.41 Å². The second-order valence-electron chi connectivity index (χ2n) is 10.7. The summed E-state index contributed by atoms with van der Waals surface area (Å²) in [6.45, 7) is 13.1. The lowest BCUT2D eigenvalue weighted by Crippen LogP contribution is -2.53. The predicted octanol–water partition coefficient (Wildman–Crippen LogP) is 5.16. The van der Waals surface area contributed by atoms with Crippen LogP contribution in [0.25, 0.3) is 5.57 Å². The van der Waals surface area contributed by atoms with Gasteiger partial charge in [0.1, 0.15) is 5.75 Å². The third-order valence-electron chi connectivity index (χ3n) is 8.26. The van der Waals surface area contributed by atoms with Gasteiger partial charge in [-0.2, -0.15) is 0 Å². The molecule has 2 aliphatic heterocycles. The lowest BCUT2D eigenvalue weighted by molar-refractivity contribution is 0.0939. The van der Waals surface area contributed by atoms with Crippen molar-refractivity contribution in [2.45, 2.75) is 65.6 Å². The molecule has 1 amide bonds. The van der Waals surface area contributed by atoms with E-state index in [9.17, 15) is 4.79 Å². The Hall–Kier alpha value is -3.32. The molecular weight excluding hydrogens is 474 g/mol. The van der Waals surface area contributed by atoms with Gasteiger partial charge in [0, 0.05) is 60.5 Å². The maximum Gasteiger partial charge on any atom is 0.252 e. The van der Waals surface area contributed by atoms with Crippen molar-refractivity contribution >= 4 is 22.9 Å². The van der Waals surface area contributed by atoms with Gasteiger partial charge in [0.05, 0.1) is 13.2 Å². The molecule has 0 aromatic heterocycles. The number of carbonyl (C=O) groups is 1. The fourth-order valence-corrected chi connectivity index (χ4v) is 6.10. The van der Waals surface area contributed by atoms with Gasteiger partial charge in [0.25, 0.3) is 5.91 Å². The lowest BCUT2D eigenvalue weighted by atomic mass is 9.95. The molecule has 204 valence electrons. The van der Waals surface area contributed by atoms with Gasteiger partial charge in [-0.3, -0.25) is 9.69 Å². The van der Waals surface area contributed by atoms with E-state index < -0.39 is 0 Å². The molecule has 2 aromatic carbocycles. The van der Waals surface area contributed by atoms with E-state index in [-0.39, 0.29) is 11.9 Å². The minimum atomic E-state index is -0.245. The monoisotopic (exact) mass is 517 g/mol. The summed E-state index contributed by atoms with van der Waals surface area (Å²) in [7, 11) is 3.49. The normalized spacial score (nSPS) is 20.6. The number of rotatable bonds is 9. The molecule has 0 radical (unpaired) electrons. The van der Waals surface area contributed by atoms with E-state index in [0.29, 0.717) is 29.1 Å². The van der Waals surface area contributed by atoms with Gasteiger partial charge in [-0.15, -0.1) is 0 Å². The van der Waals surface area contributed by atoms with Crippen LogP contribution in [0.2, 0.25) is 0 Å². The Kier molecular flexibility index (Phi) is 8.46. The molecule has 0 unspecified atom stereocenters. The highest BCUT2D eigenvalue weighted by Gasteiger charge is 2.39. The predicted molar refractivity (Wildman–Crippen MR) is 157 cm³/mol. The molecule has 3 N–H and O–H groups in total. The maximum absolute atomic E-state index is 13.5. The average molecular weight is 518 g/mol. The highest BCUT2D eigenvalue weighted by Crippen LogP contribution is 2.33.